The number of carbonyl (C=O) groups is 2. The summed E-state index contributed by atoms with van der Waals surface area (Å²) in [4.78, 5) is 26.1. The zero-order valence-electron chi connectivity index (χ0n) is 40.4. The van der Waals surface area contributed by atoms with E-state index in [9.17, 15) is 19.8 Å². The molecule has 356 valence electrons. The van der Waals surface area contributed by atoms with Crippen LogP contribution in [0, 0.1) is 0 Å². The lowest BCUT2D eigenvalue weighted by molar-refractivity contribution is -0.150. The lowest BCUT2D eigenvalue weighted by Crippen LogP contribution is -2.46. The lowest BCUT2D eigenvalue weighted by atomic mass is 10.0. The number of nitrogens with one attached hydrogen (secondary N) is 1. The molecular weight excluding hydrogens is 779 g/mol. The molecule has 3 N–H and O–H groups in total. The molecule has 6 heteroatoms. The van der Waals surface area contributed by atoms with Crippen LogP contribution in [-0.2, 0) is 14.3 Å². The van der Waals surface area contributed by atoms with Crippen LogP contribution in [0.15, 0.2) is 122 Å². The third kappa shape index (κ3) is 44.7. The zero-order valence-corrected chi connectivity index (χ0v) is 40.4. The Labute approximate surface area is 387 Å². The molecule has 0 rings (SSSR count). The fraction of sp³-hybridized carbons (Fsp3) is 0.614. The Morgan fingerprint density at radius 1 is 0.492 bits per heavy atom. The molecule has 0 aromatic rings. The Kier molecular flexibility index (Phi) is 46.4. The van der Waals surface area contributed by atoms with Gasteiger partial charge in [-0.2, -0.15) is 0 Å². The largest absolute Gasteiger partial charge is 0.461 e. The van der Waals surface area contributed by atoms with Crippen molar-refractivity contribution in [1.82, 2.24) is 5.32 Å². The molecule has 0 saturated heterocycles. The van der Waals surface area contributed by atoms with Crippen LogP contribution in [0.4, 0.5) is 0 Å². The maximum Gasteiger partial charge on any atom is 0.306 e. The fourth-order valence-corrected chi connectivity index (χ4v) is 6.78. The minimum absolute atomic E-state index is 0.0311. The Hall–Kier alpha value is -3.74. The molecule has 0 aliphatic carbocycles. The molecule has 0 bridgehead atoms. The van der Waals surface area contributed by atoms with Gasteiger partial charge in [-0.25, -0.2) is 0 Å². The SMILES string of the molecule is CC/C=C\C/C=C\C/C=C\C/C=C\C/C=C\CCCC(=O)OC(C/C=C\C/C=C\C/C=C\C/C=C\C/C=C\CC)CC(=O)NC(CO)C(O)CCCCCCCCCCCCCC. The van der Waals surface area contributed by atoms with E-state index in [-0.39, 0.29) is 31.3 Å². The first-order valence-corrected chi connectivity index (χ1v) is 25.3. The van der Waals surface area contributed by atoms with Crippen molar-refractivity contribution >= 4 is 11.9 Å². The molecule has 0 aromatic carbocycles. The van der Waals surface area contributed by atoms with E-state index in [0.717, 1.165) is 89.9 Å². The smallest absolute Gasteiger partial charge is 0.306 e. The maximum atomic E-state index is 13.2. The molecular formula is C57H93NO5. The summed E-state index contributed by atoms with van der Waals surface area (Å²) >= 11 is 0. The van der Waals surface area contributed by atoms with Gasteiger partial charge in [-0.15, -0.1) is 0 Å². The van der Waals surface area contributed by atoms with Gasteiger partial charge in [-0.05, 0) is 83.5 Å². The Morgan fingerprint density at radius 2 is 0.873 bits per heavy atom. The molecule has 0 heterocycles. The summed E-state index contributed by atoms with van der Waals surface area (Å²) in [6.07, 6.45) is 68.5. The second-order valence-electron chi connectivity index (χ2n) is 16.5. The predicted octanol–water partition coefficient (Wildman–Crippen LogP) is 15.3. The van der Waals surface area contributed by atoms with Crippen molar-refractivity contribution < 1.29 is 24.5 Å². The van der Waals surface area contributed by atoms with Crippen molar-refractivity contribution in [3.05, 3.63) is 122 Å². The van der Waals surface area contributed by atoms with Crippen molar-refractivity contribution in [3.8, 4) is 0 Å². The molecule has 63 heavy (non-hydrogen) atoms. The van der Waals surface area contributed by atoms with Crippen LogP contribution in [0.5, 0.6) is 0 Å². The number of carbonyl (C=O) groups excluding carboxylic acids is 2. The molecule has 0 fully saturated rings. The van der Waals surface area contributed by atoms with Gasteiger partial charge < -0.3 is 20.3 Å². The van der Waals surface area contributed by atoms with Crippen molar-refractivity contribution in [2.24, 2.45) is 0 Å². The number of ether oxygens (including phenoxy) is 1. The summed E-state index contributed by atoms with van der Waals surface area (Å²) in [6.45, 7) is 6.19. The van der Waals surface area contributed by atoms with Crippen LogP contribution in [0.2, 0.25) is 0 Å². The van der Waals surface area contributed by atoms with Crippen LogP contribution < -0.4 is 5.32 Å². The van der Waals surface area contributed by atoms with Crippen molar-refractivity contribution in [2.75, 3.05) is 6.61 Å². The van der Waals surface area contributed by atoms with Gasteiger partial charge in [0.05, 0.1) is 25.2 Å². The second-order valence-corrected chi connectivity index (χ2v) is 16.5. The first-order valence-electron chi connectivity index (χ1n) is 25.3. The number of allylic oxidation sites excluding steroid dienone is 19. The Bertz CT molecular complexity index is 1350. The molecule has 0 radical (unpaired) electrons. The van der Waals surface area contributed by atoms with E-state index >= 15 is 0 Å². The molecule has 6 nitrogen and oxygen atoms in total. The minimum atomic E-state index is -0.829. The van der Waals surface area contributed by atoms with Crippen molar-refractivity contribution in [1.29, 1.82) is 0 Å². The van der Waals surface area contributed by atoms with Gasteiger partial charge in [-0.1, -0.05) is 219 Å². The van der Waals surface area contributed by atoms with E-state index in [1.165, 1.54) is 57.8 Å². The summed E-state index contributed by atoms with van der Waals surface area (Å²) < 4.78 is 5.83. The van der Waals surface area contributed by atoms with E-state index < -0.39 is 18.2 Å². The van der Waals surface area contributed by atoms with Crippen molar-refractivity contribution in [3.63, 3.8) is 0 Å². The van der Waals surface area contributed by atoms with E-state index in [1.54, 1.807) is 0 Å². The fourth-order valence-electron chi connectivity index (χ4n) is 6.78. The summed E-state index contributed by atoms with van der Waals surface area (Å²) in [7, 11) is 0. The van der Waals surface area contributed by atoms with Gasteiger partial charge in [0.15, 0.2) is 0 Å². The zero-order chi connectivity index (χ0) is 45.9. The summed E-state index contributed by atoms with van der Waals surface area (Å²) in [6, 6.07) is -0.751. The number of hydrogen-bond donors (Lipinski definition) is 3. The molecule has 0 aliphatic heterocycles. The number of hydrogen-bond acceptors (Lipinski definition) is 5. The topological polar surface area (TPSA) is 95.9 Å². The molecule has 3 atom stereocenters. The van der Waals surface area contributed by atoms with Gasteiger partial charge in [0, 0.05) is 12.8 Å². The average Bonchev–Trinajstić information content (AvgIpc) is 3.28. The van der Waals surface area contributed by atoms with Crippen LogP contribution >= 0.6 is 0 Å². The Morgan fingerprint density at radius 3 is 1.29 bits per heavy atom. The highest BCUT2D eigenvalue weighted by atomic mass is 16.5. The molecule has 3 unspecified atom stereocenters. The number of amides is 1. The molecule has 1 amide bonds. The quantitative estimate of drug-likeness (QED) is 0.0322. The van der Waals surface area contributed by atoms with Gasteiger partial charge in [0.2, 0.25) is 5.91 Å². The summed E-state index contributed by atoms with van der Waals surface area (Å²) in [5, 5.41) is 23.7. The van der Waals surface area contributed by atoms with Crippen molar-refractivity contribution in [2.45, 2.75) is 219 Å². The van der Waals surface area contributed by atoms with Gasteiger partial charge >= 0.3 is 5.97 Å². The maximum absolute atomic E-state index is 13.2. The molecule has 0 aromatic heterocycles. The number of aliphatic hydroxyl groups is 2. The highest BCUT2D eigenvalue weighted by molar-refractivity contribution is 5.77. The number of unbranched alkanes of at least 4 members (excludes halogenated alkanes) is 12. The third-order valence-corrected chi connectivity index (χ3v) is 10.5. The van der Waals surface area contributed by atoms with Crippen LogP contribution in [0.25, 0.3) is 0 Å². The van der Waals surface area contributed by atoms with E-state index in [2.05, 4.69) is 135 Å². The van der Waals surface area contributed by atoms with E-state index in [0.29, 0.717) is 19.3 Å². The molecule has 0 saturated carbocycles. The standard InChI is InChI=1S/C57H93NO5/c1-4-7-10-13-16-19-22-25-27-28-30-32-35-38-41-44-47-50-57(62)63-53(48-45-42-39-36-33-31-29-26-23-20-17-14-11-8-5-2)51-56(61)58-54(52-59)55(60)49-46-43-40-37-34-24-21-18-15-12-9-6-3/h7-8,10-11,16-17,19-20,25-27,29-30,32-33,36,38,41-42,45,53-55,59-60H,4-6,9,12-15,18,21-24,28,31,34-35,37,39-40,43-44,46-52H2,1-3H3,(H,58,61)/b10-7-,11-8-,19-16-,20-17-,27-25-,29-26-,32-30-,36-33-,41-38-,45-42-. The summed E-state index contributed by atoms with van der Waals surface area (Å²) in [5.74, 6) is -0.662. The van der Waals surface area contributed by atoms with Gasteiger partial charge in [-0.3, -0.25) is 9.59 Å². The normalized spacial score (nSPS) is 14.3. The van der Waals surface area contributed by atoms with Crippen LogP contribution in [-0.4, -0.2) is 46.9 Å². The lowest BCUT2D eigenvalue weighted by Gasteiger charge is -2.24. The molecule has 0 spiro atoms. The van der Waals surface area contributed by atoms with Crippen LogP contribution in [0.1, 0.15) is 201 Å². The summed E-state index contributed by atoms with van der Waals surface area (Å²) in [5.41, 5.74) is 0. The minimum Gasteiger partial charge on any atom is -0.461 e. The highest BCUT2D eigenvalue weighted by Gasteiger charge is 2.23. The number of rotatable bonds is 43. The average molecular weight is 872 g/mol. The number of aliphatic hydroxyl groups excluding tert-OH is 2. The monoisotopic (exact) mass is 872 g/mol. The predicted molar refractivity (Wildman–Crippen MR) is 273 cm³/mol. The highest BCUT2D eigenvalue weighted by Crippen LogP contribution is 2.15. The van der Waals surface area contributed by atoms with Gasteiger partial charge in [0.25, 0.3) is 0 Å². The second kappa shape index (κ2) is 49.3. The third-order valence-electron chi connectivity index (χ3n) is 10.5. The first kappa shape index (κ1) is 59.3. The van der Waals surface area contributed by atoms with E-state index in [1.807, 2.05) is 12.2 Å². The number of esters is 1. The molecule has 0 aliphatic rings. The Balaban J connectivity index is 4.85. The first-order chi connectivity index (χ1) is 31.0. The van der Waals surface area contributed by atoms with Crippen LogP contribution in [0.3, 0.4) is 0 Å². The van der Waals surface area contributed by atoms with E-state index in [4.69, 9.17) is 4.74 Å². The van der Waals surface area contributed by atoms with Gasteiger partial charge in [0.1, 0.15) is 6.10 Å².